The van der Waals surface area contributed by atoms with Crippen molar-refractivity contribution in [2.75, 3.05) is 13.3 Å². The summed E-state index contributed by atoms with van der Waals surface area (Å²) in [5.41, 5.74) is 3.68. The average molecular weight is 534 g/mol. The normalized spacial score (nSPS) is 26.1. The molecule has 208 valence electrons. The van der Waals surface area contributed by atoms with Gasteiger partial charge in [0, 0.05) is 18.0 Å². The van der Waals surface area contributed by atoms with Crippen molar-refractivity contribution in [2.45, 2.75) is 94.8 Å². The molecule has 1 amide bonds. The lowest BCUT2D eigenvalue weighted by molar-refractivity contribution is -0.0235. The van der Waals surface area contributed by atoms with Crippen LogP contribution >= 0.6 is 0 Å². The second-order valence-electron chi connectivity index (χ2n) is 11.6. The highest BCUT2D eigenvalue weighted by Gasteiger charge is 2.55. The summed E-state index contributed by atoms with van der Waals surface area (Å²) in [5.74, 6) is 1.12. The minimum Gasteiger partial charge on any atom is -0.457 e. The van der Waals surface area contributed by atoms with Crippen LogP contribution in [0.15, 0.2) is 48.5 Å². The summed E-state index contributed by atoms with van der Waals surface area (Å²) in [6.07, 6.45) is 10.7. The standard InChI is InChI=1S/C32H39NO6/c34-30(36-21-23-9-3-1-4-10-23)33-18-17-32-16-8-7-13-27(32)29(33)19-24-14-15-26(20-28(24)32)37-22-38-31(35)39-25-11-5-2-6-12-25/h1,3-4,9-10,14-15,20,25,27,29H,2,5-8,11-13,16-19,21-22H2/t27-,29+,32+/m0/s1. The summed E-state index contributed by atoms with van der Waals surface area (Å²) in [7, 11) is 0. The van der Waals surface area contributed by atoms with Gasteiger partial charge in [-0.1, -0.05) is 55.7 Å². The third-order valence-electron chi connectivity index (χ3n) is 9.47. The van der Waals surface area contributed by atoms with E-state index < -0.39 is 6.16 Å². The van der Waals surface area contributed by atoms with Crippen molar-refractivity contribution in [3.8, 4) is 5.75 Å². The number of piperidine rings is 1. The van der Waals surface area contributed by atoms with Gasteiger partial charge in [-0.2, -0.15) is 0 Å². The molecule has 0 N–H and O–H groups in total. The van der Waals surface area contributed by atoms with Crippen molar-refractivity contribution in [2.24, 2.45) is 5.92 Å². The predicted octanol–water partition coefficient (Wildman–Crippen LogP) is 6.90. The zero-order chi connectivity index (χ0) is 26.7. The Balaban J connectivity index is 1.12. The molecule has 0 aromatic heterocycles. The number of rotatable bonds is 6. The van der Waals surface area contributed by atoms with Crippen LogP contribution in [0.5, 0.6) is 5.75 Å². The van der Waals surface area contributed by atoms with Crippen LogP contribution in [0.3, 0.4) is 0 Å². The SMILES string of the molecule is O=C(OCOc1ccc2c(c1)[C@@]13CCCC[C@H]1[C@@H](C2)N(C(=O)OCc1ccccc1)CC3)OC1CCCCC1. The van der Waals surface area contributed by atoms with E-state index >= 15 is 0 Å². The molecule has 1 aliphatic heterocycles. The van der Waals surface area contributed by atoms with E-state index in [9.17, 15) is 9.59 Å². The van der Waals surface area contributed by atoms with E-state index in [1.165, 1.54) is 30.4 Å². The summed E-state index contributed by atoms with van der Waals surface area (Å²) in [5, 5.41) is 0. The van der Waals surface area contributed by atoms with E-state index in [0.29, 0.717) is 24.8 Å². The lowest BCUT2D eigenvalue weighted by Crippen LogP contribution is -2.62. The zero-order valence-electron chi connectivity index (χ0n) is 22.6. The Bertz CT molecular complexity index is 1160. The Morgan fingerprint density at radius 1 is 0.897 bits per heavy atom. The third-order valence-corrected chi connectivity index (χ3v) is 9.47. The largest absolute Gasteiger partial charge is 0.511 e. The van der Waals surface area contributed by atoms with Crippen molar-refractivity contribution < 1.29 is 28.5 Å². The van der Waals surface area contributed by atoms with Gasteiger partial charge in [-0.3, -0.25) is 0 Å². The molecule has 7 nitrogen and oxygen atoms in total. The van der Waals surface area contributed by atoms with E-state index in [-0.39, 0.29) is 30.4 Å². The number of carbonyl (C=O) groups excluding carboxylic acids is 2. The summed E-state index contributed by atoms with van der Waals surface area (Å²) in [6, 6.07) is 16.2. The lowest BCUT2D eigenvalue weighted by atomic mass is 9.52. The van der Waals surface area contributed by atoms with Crippen LogP contribution in [0.4, 0.5) is 9.59 Å². The van der Waals surface area contributed by atoms with Gasteiger partial charge in [0.1, 0.15) is 18.5 Å². The number of hydrogen-bond acceptors (Lipinski definition) is 6. The summed E-state index contributed by atoms with van der Waals surface area (Å²) >= 11 is 0. The molecule has 3 aliphatic carbocycles. The summed E-state index contributed by atoms with van der Waals surface area (Å²) in [4.78, 5) is 27.3. The third kappa shape index (κ3) is 5.45. The maximum Gasteiger partial charge on any atom is 0.511 e. The molecule has 0 spiro atoms. The summed E-state index contributed by atoms with van der Waals surface area (Å²) < 4.78 is 22.3. The van der Waals surface area contributed by atoms with Gasteiger partial charge < -0.3 is 23.8 Å². The van der Waals surface area contributed by atoms with Gasteiger partial charge in [-0.25, -0.2) is 9.59 Å². The molecule has 39 heavy (non-hydrogen) atoms. The highest BCUT2D eigenvalue weighted by Crippen LogP contribution is 2.56. The van der Waals surface area contributed by atoms with E-state index in [1.807, 2.05) is 41.3 Å². The number of nitrogens with zero attached hydrogens (tertiary/aromatic N) is 1. The Hall–Kier alpha value is -3.22. The molecule has 0 radical (unpaired) electrons. The van der Waals surface area contributed by atoms with Crippen molar-refractivity contribution in [3.63, 3.8) is 0 Å². The van der Waals surface area contributed by atoms with Crippen LogP contribution in [0.1, 0.15) is 80.9 Å². The molecule has 3 atom stereocenters. The van der Waals surface area contributed by atoms with E-state index in [4.69, 9.17) is 18.9 Å². The molecule has 2 saturated carbocycles. The van der Waals surface area contributed by atoms with Crippen molar-refractivity contribution in [1.82, 2.24) is 4.90 Å². The van der Waals surface area contributed by atoms with E-state index in [0.717, 1.165) is 56.9 Å². The molecular formula is C32H39NO6. The molecule has 6 rings (SSSR count). The Morgan fingerprint density at radius 2 is 1.72 bits per heavy atom. The van der Waals surface area contributed by atoms with Crippen LogP contribution in [-0.4, -0.2) is 42.6 Å². The molecule has 1 saturated heterocycles. The van der Waals surface area contributed by atoms with Crippen LogP contribution in [0.2, 0.25) is 0 Å². The molecule has 2 aromatic carbocycles. The maximum absolute atomic E-state index is 13.2. The quantitative estimate of drug-likeness (QED) is 0.297. The fraction of sp³-hybridized carbons (Fsp3) is 0.562. The van der Waals surface area contributed by atoms with E-state index in [2.05, 4.69) is 12.1 Å². The number of likely N-dealkylation sites (tertiary alicyclic amines) is 1. The van der Waals surface area contributed by atoms with Gasteiger partial charge in [0.25, 0.3) is 0 Å². The highest BCUT2D eigenvalue weighted by molar-refractivity contribution is 5.69. The van der Waals surface area contributed by atoms with Gasteiger partial charge >= 0.3 is 12.2 Å². The lowest BCUT2D eigenvalue weighted by Gasteiger charge is -2.58. The first-order valence-electron chi connectivity index (χ1n) is 14.7. The van der Waals surface area contributed by atoms with Gasteiger partial charge in [-0.15, -0.1) is 0 Å². The van der Waals surface area contributed by atoms with Gasteiger partial charge in [0.15, 0.2) is 0 Å². The molecule has 4 aliphatic rings. The van der Waals surface area contributed by atoms with Gasteiger partial charge in [0.2, 0.25) is 6.79 Å². The van der Waals surface area contributed by atoms with E-state index in [1.54, 1.807) is 0 Å². The smallest absolute Gasteiger partial charge is 0.457 e. The molecule has 2 bridgehead atoms. The number of hydrogen-bond donors (Lipinski definition) is 0. The monoisotopic (exact) mass is 533 g/mol. The minimum absolute atomic E-state index is 0.0354. The Morgan fingerprint density at radius 3 is 2.56 bits per heavy atom. The Labute approximate surface area is 230 Å². The van der Waals surface area contributed by atoms with Crippen molar-refractivity contribution in [1.29, 1.82) is 0 Å². The van der Waals surface area contributed by atoms with Crippen molar-refractivity contribution >= 4 is 12.2 Å². The number of carbonyl (C=O) groups is 2. The fourth-order valence-corrected chi connectivity index (χ4v) is 7.60. The fourth-order valence-electron chi connectivity index (χ4n) is 7.60. The maximum atomic E-state index is 13.2. The number of fused-ring (bicyclic) bond motifs is 1. The second kappa shape index (κ2) is 11.5. The first kappa shape index (κ1) is 26.0. The predicted molar refractivity (Wildman–Crippen MR) is 145 cm³/mol. The molecule has 2 aromatic rings. The highest BCUT2D eigenvalue weighted by atomic mass is 16.8. The van der Waals surface area contributed by atoms with Gasteiger partial charge in [-0.05, 0) is 86.1 Å². The number of amides is 1. The van der Waals surface area contributed by atoms with Crippen LogP contribution in [-0.2, 0) is 32.7 Å². The molecular weight excluding hydrogens is 494 g/mol. The summed E-state index contributed by atoms with van der Waals surface area (Å²) in [6.45, 7) is 0.839. The molecule has 3 fully saturated rings. The average Bonchev–Trinajstić information content (AvgIpc) is 2.97. The van der Waals surface area contributed by atoms with Crippen LogP contribution < -0.4 is 4.74 Å². The zero-order valence-corrected chi connectivity index (χ0v) is 22.6. The molecule has 7 heteroatoms. The van der Waals surface area contributed by atoms with Gasteiger partial charge in [0.05, 0.1) is 0 Å². The number of ether oxygens (including phenoxy) is 4. The molecule has 0 unspecified atom stereocenters. The van der Waals surface area contributed by atoms with Crippen LogP contribution in [0, 0.1) is 5.92 Å². The molecule has 1 heterocycles. The minimum atomic E-state index is -0.653. The second-order valence-corrected chi connectivity index (χ2v) is 11.6. The topological polar surface area (TPSA) is 74.3 Å². The van der Waals surface area contributed by atoms with Crippen LogP contribution in [0.25, 0.3) is 0 Å². The van der Waals surface area contributed by atoms with Crippen molar-refractivity contribution in [3.05, 3.63) is 65.2 Å². The first-order valence-corrected chi connectivity index (χ1v) is 14.7. The number of benzene rings is 2. The first-order chi connectivity index (χ1) is 19.1. The Kier molecular flexibility index (Phi) is 7.67.